The summed E-state index contributed by atoms with van der Waals surface area (Å²) in [6.07, 6.45) is 9.31. The van der Waals surface area contributed by atoms with Crippen LogP contribution in [0.1, 0.15) is 64.8 Å². The highest BCUT2D eigenvalue weighted by atomic mass is 16.5. The number of hydrogen-bond acceptors (Lipinski definition) is 2. The Morgan fingerprint density at radius 3 is 2.65 bits per heavy atom. The molecular weight excluding hydrogens is 452 g/mol. The van der Waals surface area contributed by atoms with E-state index in [9.17, 15) is 0 Å². The van der Waals surface area contributed by atoms with Gasteiger partial charge in [0.25, 0.3) is 0 Å². The molecule has 3 heteroatoms. The van der Waals surface area contributed by atoms with Crippen LogP contribution in [0.4, 0.5) is 0 Å². The van der Waals surface area contributed by atoms with Gasteiger partial charge in [-0.2, -0.15) is 0 Å². The topological polar surface area (TPSA) is 37.9 Å². The van der Waals surface area contributed by atoms with Gasteiger partial charge in [0, 0.05) is 6.42 Å². The lowest BCUT2D eigenvalue weighted by Crippen LogP contribution is -2.08. The first-order chi connectivity index (χ1) is 17.7. The summed E-state index contributed by atoms with van der Waals surface area (Å²) >= 11 is 0. The molecule has 3 nitrogen and oxygen atoms in total. The monoisotopic (exact) mass is 494 g/mol. The van der Waals surface area contributed by atoms with Gasteiger partial charge in [-0.1, -0.05) is 62.8 Å². The number of aryl methyl sites for hydroxylation is 1. The molecule has 2 aromatic carbocycles. The summed E-state index contributed by atoms with van der Waals surface area (Å²) in [4.78, 5) is 7.88. The van der Waals surface area contributed by atoms with Crippen LogP contribution in [0.15, 0.2) is 84.0 Å². The standard InChI is InChI=1S/C34H42N2O/c1-8-9-23(4)18-31(22(2)3)25(6)24(5)19-27-10-11-30-20-28(13-15-34(30)37-17-16-27)29-12-14-32-33(21-29)36-26(7)35-32/h8,10,12-15,20-23H,1,5,9,11,16-19H2,2-4,6-7H3,(H,35,36)/b27-10+,31-25+. The molecule has 4 rings (SSSR count). The largest absolute Gasteiger partial charge is 0.493 e. The zero-order valence-corrected chi connectivity index (χ0v) is 23.3. The quantitative estimate of drug-likeness (QED) is 0.238. The number of aromatic amines is 1. The normalized spacial score (nSPS) is 16.6. The Morgan fingerprint density at radius 2 is 1.89 bits per heavy atom. The number of ether oxygens (including phenoxy) is 1. The van der Waals surface area contributed by atoms with Crippen LogP contribution < -0.4 is 4.74 Å². The molecule has 2 heterocycles. The van der Waals surface area contributed by atoms with E-state index in [1.807, 2.05) is 13.0 Å². The van der Waals surface area contributed by atoms with E-state index in [-0.39, 0.29) is 0 Å². The highest BCUT2D eigenvalue weighted by Crippen LogP contribution is 2.33. The molecular formula is C34H42N2O. The molecule has 1 aromatic heterocycles. The van der Waals surface area contributed by atoms with Crippen LogP contribution in [0.25, 0.3) is 22.2 Å². The summed E-state index contributed by atoms with van der Waals surface area (Å²) in [6.45, 7) is 20.3. The summed E-state index contributed by atoms with van der Waals surface area (Å²) in [7, 11) is 0. The molecule has 1 atom stereocenters. The zero-order chi connectivity index (χ0) is 26.5. The average Bonchev–Trinajstić information content (AvgIpc) is 3.23. The lowest BCUT2D eigenvalue weighted by Gasteiger charge is -2.22. The molecule has 0 radical (unpaired) electrons. The van der Waals surface area contributed by atoms with E-state index in [1.54, 1.807) is 0 Å². The first-order valence-corrected chi connectivity index (χ1v) is 13.6. The lowest BCUT2D eigenvalue weighted by atomic mass is 9.84. The van der Waals surface area contributed by atoms with Crippen molar-refractivity contribution in [1.29, 1.82) is 0 Å². The van der Waals surface area contributed by atoms with Crippen LogP contribution in [0.5, 0.6) is 5.75 Å². The van der Waals surface area contributed by atoms with Crippen molar-refractivity contribution in [3.05, 3.63) is 95.4 Å². The van der Waals surface area contributed by atoms with Crippen LogP contribution in [0, 0.1) is 18.8 Å². The fourth-order valence-corrected chi connectivity index (χ4v) is 5.38. The van der Waals surface area contributed by atoms with Gasteiger partial charge in [-0.3, -0.25) is 0 Å². The second-order valence-corrected chi connectivity index (χ2v) is 11.0. The summed E-state index contributed by atoms with van der Waals surface area (Å²) in [5, 5.41) is 0. The Hall–Kier alpha value is -3.33. The fourth-order valence-electron chi connectivity index (χ4n) is 5.38. The van der Waals surface area contributed by atoms with Gasteiger partial charge in [0.05, 0.1) is 17.6 Å². The molecule has 0 fully saturated rings. The molecule has 3 aromatic rings. The first kappa shape index (κ1) is 26.7. The van der Waals surface area contributed by atoms with Crippen LogP contribution in [-0.4, -0.2) is 16.6 Å². The van der Waals surface area contributed by atoms with E-state index in [0.717, 1.165) is 54.7 Å². The highest BCUT2D eigenvalue weighted by Gasteiger charge is 2.16. The number of allylic oxidation sites excluding steroid dienone is 5. The second-order valence-electron chi connectivity index (χ2n) is 11.0. The predicted molar refractivity (Wildman–Crippen MR) is 158 cm³/mol. The number of aromatic nitrogens is 2. The number of nitrogens with zero attached hydrogens (tertiary/aromatic N) is 1. The van der Waals surface area contributed by atoms with E-state index < -0.39 is 0 Å². The van der Waals surface area contributed by atoms with Crippen LogP contribution in [-0.2, 0) is 6.42 Å². The van der Waals surface area contributed by atoms with Crippen molar-refractivity contribution in [2.75, 3.05) is 6.61 Å². The van der Waals surface area contributed by atoms with Gasteiger partial charge in [-0.25, -0.2) is 4.98 Å². The van der Waals surface area contributed by atoms with Gasteiger partial charge in [-0.15, -0.1) is 6.58 Å². The van der Waals surface area contributed by atoms with Crippen molar-refractivity contribution in [1.82, 2.24) is 9.97 Å². The van der Waals surface area contributed by atoms with Crippen molar-refractivity contribution < 1.29 is 4.74 Å². The number of benzene rings is 2. The number of nitrogens with one attached hydrogen (secondary N) is 1. The molecule has 1 unspecified atom stereocenters. The van der Waals surface area contributed by atoms with Crippen molar-refractivity contribution in [3.8, 4) is 16.9 Å². The minimum absolute atomic E-state index is 0.522. The Morgan fingerprint density at radius 1 is 1.14 bits per heavy atom. The average molecular weight is 495 g/mol. The van der Waals surface area contributed by atoms with E-state index >= 15 is 0 Å². The van der Waals surface area contributed by atoms with Crippen LogP contribution >= 0.6 is 0 Å². The first-order valence-electron chi connectivity index (χ1n) is 13.6. The zero-order valence-electron chi connectivity index (χ0n) is 23.3. The predicted octanol–water partition coefficient (Wildman–Crippen LogP) is 9.31. The molecule has 1 aliphatic heterocycles. The lowest BCUT2D eigenvalue weighted by molar-refractivity contribution is 0.315. The minimum atomic E-state index is 0.522. The SMILES string of the molecule is C=CCC(C)C/C(=C(/C)C(=C)C/C1=C/Cc2cc(-c3ccc4nc(C)[nH]c4c3)ccc2OCC1)C(C)C. The van der Waals surface area contributed by atoms with Crippen molar-refractivity contribution in [2.24, 2.45) is 11.8 Å². The van der Waals surface area contributed by atoms with Gasteiger partial charge >= 0.3 is 0 Å². The van der Waals surface area contributed by atoms with Crippen molar-refractivity contribution >= 4 is 11.0 Å². The van der Waals surface area contributed by atoms with Gasteiger partial charge in [0.15, 0.2) is 0 Å². The number of H-pyrrole nitrogens is 1. The Labute approximate surface area is 223 Å². The third-order valence-electron chi connectivity index (χ3n) is 7.57. The molecule has 0 aliphatic carbocycles. The van der Waals surface area contributed by atoms with Crippen LogP contribution in [0.3, 0.4) is 0 Å². The molecule has 0 spiro atoms. The molecule has 1 aliphatic rings. The van der Waals surface area contributed by atoms with Gasteiger partial charge in [-0.05, 0) is 103 Å². The fraction of sp³-hybridized carbons (Fsp3) is 0.382. The number of rotatable bonds is 9. The number of imidazole rings is 1. The molecule has 0 bridgehead atoms. The number of fused-ring (bicyclic) bond motifs is 2. The van der Waals surface area contributed by atoms with E-state index in [1.165, 1.54) is 39.0 Å². The van der Waals surface area contributed by atoms with Gasteiger partial charge in [0.1, 0.15) is 11.6 Å². The van der Waals surface area contributed by atoms with Gasteiger partial charge < -0.3 is 9.72 Å². The Balaban J connectivity index is 1.53. The van der Waals surface area contributed by atoms with E-state index in [2.05, 4.69) is 93.3 Å². The van der Waals surface area contributed by atoms with Crippen molar-refractivity contribution in [2.45, 2.75) is 66.7 Å². The maximum atomic E-state index is 6.22. The van der Waals surface area contributed by atoms with Gasteiger partial charge in [0.2, 0.25) is 0 Å². The maximum Gasteiger partial charge on any atom is 0.122 e. The Bertz CT molecular complexity index is 1350. The molecule has 1 N–H and O–H groups in total. The highest BCUT2D eigenvalue weighted by molar-refractivity contribution is 5.82. The smallest absolute Gasteiger partial charge is 0.122 e. The molecule has 0 saturated carbocycles. The van der Waals surface area contributed by atoms with Crippen LogP contribution in [0.2, 0.25) is 0 Å². The molecule has 0 amide bonds. The van der Waals surface area contributed by atoms with E-state index in [0.29, 0.717) is 18.4 Å². The summed E-state index contributed by atoms with van der Waals surface area (Å²) in [5.41, 5.74) is 11.2. The summed E-state index contributed by atoms with van der Waals surface area (Å²) < 4.78 is 6.22. The Kier molecular flexibility index (Phi) is 8.53. The third kappa shape index (κ3) is 6.52. The summed E-state index contributed by atoms with van der Waals surface area (Å²) in [5.74, 6) is 3.06. The van der Waals surface area contributed by atoms with E-state index in [4.69, 9.17) is 4.74 Å². The number of hydrogen-bond donors (Lipinski definition) is 1. The summed E-state index contributed by atoms with van der Waals surface area (Å²) in [6, 6.07) is 13.0. The molecule has 37 heavy (non-hydrogen) atoms. The maximum absolute atomic E-state index is 6.22. The second kappa shape index (κ2) is 11.8. The third-order valence-corrected chi connectivity index (χ3v) is 7.57. The van der Waals surface area contributed by atoms with Crippen molar-refractivity contribution in [3.63, 3.8) is 0 Å². The molecule has 0 saturated heterocycles. The molecule has 194 valence electrons. The minimum Gasteiger partial charge on any atom is -0.493 e.